The molecule has 390 valence electrons. The second kappa shape index (κ2) is 30.0. The normalized spacial score (nSPS) is 14.5. The Morgan fingerprint density at radius 3 is 1.49 bits per heavy atom. The lowest BCUT2D eigenvalue weighted by atomic mass is 10.0. The van der Waals surface area contributed by atoms with Crippen LogP contribution in [0.15, 0.2) is 97.1 Å². The summed E-state index contributed by atoms with van der Waals surface area (Å²) in [5.41, 5.74) is 3.53. The van der Waals surface area contributed by atoms with Gasteiger partial charge in [-0.2, -0.15) is 0 Å². The van der Waals surface area contributed by atoms with Crippen molar-refractivity contribution in [2.75, 3.05) is 116 Å². The number of piperazine rings is 2. The topological polar surface area (TPSA) is 129 Å². The summed E-state index contributed by atoms with van der Waals surface area (Å²) in [6.45, 7) is 19.3. The largest absolute Gasteiger partial charge is 0.494 e. The summed E-state index contributed by atoms with van der Waals surface area (Å²) >= 11 is 11.9. The number of anilines is 3. The van der Waals surface area contributed by atoms with Gasteiger partial charge in [-0.05, 0) is 156 Å². The maximum absolute atomic E-state index is 12.7. The monoisotopic (exact) mass is 1030 g/mol. The molecule has 2 aliphatic heterocycles. The number of unbranched alkanes of at least 4 members (excludes halogenated alkanes) is 4. The first-order valence-corrected chi connectivity index (χ1v) is 26.2. The van der Waals surface area contributed by atoms with Crippen LogP contribution in [0.2, 0.25) is 10.0 Å². The molecular formula is C56H76Cl2N8O6. The van der Waals surface area contributed by atoms with Crippen LogP contribution in [0.1, 0.15) is 82.1 Å². The van der Waals surface area contributed by atoms with Crippen LogP contribution in [-0.4, -0.2) is 166 Å². The molecule has 0 aromatic heterocycles. The predicted octanol–water partition coefficient (Wildman–Crippen LogP) is 8.52. The first kappa shape index (κ1) is 57.5. The Morgan fingerprint density at radius 2 is 1.00 bits per heavy atom. The minimum absolute atomic E-state index is 0.00518. The molecule has 0 bridgehead atoms. The SMILES string of the molecule is CC(=O)N(CCCCCN1CCN(CC(=O)NC(C)C)CC1)c1ccc(C(=O)c2ccc(Cl)cc2)cc1.CC(=O)N(c1ccc(Cl)cc1)c1ccc(OCCCCCN2CCN(CC(=O)N(C)C)CC2)cc1. The van der Waals surface area contributed by atoms with Crippen molar-refractivity contribution in [3.8, 4) is 5.75 Å². The van der Waals surface area contributed by atoms with E-state index in [9.17, 15) is 24.0 Å². The first-order chi connectivity index (χ1) is 34.6. The Hall–Kier alpha value is -5.35. The molecule has 2 heterocycles. The van der Waals surface area contributed by atoms with Gasteiger partial charge in [0.15, 0.2) is 5.78 Å². The van der Waals surface area contributed by atoms with Crippen molar-refractivity contribution in [3.05, 3.63) is 118 Å². The van der Waals surface area contributed by atoms with E-state index >= 15 is 0 Å². The number of ketones is 1. The van der Waals surface area contributed by atoms with Crippen LogP contribution in [-0.2, 0) is 19.2 Å². The van der Waals surface area contributed by atoms with Gasteiger partial charge in [-0.1, -0.05) is 29.6 Å². The molecule has 2 fully saturated rings. The second-order valence-electron chi connectivity index (χ2n) is 19.1. The van der Waals surface area contributed by atoms with Crippen LogP contribution in [0, 0.1) is 0 Å². The number of nitrogens with one attached hydrogen (secondary N) is 1. The summed E-state index contributed by atoms with van der Waals surface area (Å²) in [5, 5.41) is 4.18. The Labute approximate surface area is 438 Å². The first-order valence-electron chi connectivity index (χ1n) is 25.4. The van der Waals surface area contributed by atoms with Crippen LogP contribution in [0.25, 0.3) is 0 Å². The van der Waals surface area contributed by atoms with E-state index in [2.05, 4.69) is 24.9 Å². The molecular weight excluding hydrogens is 952 g/mol. The van der Waals surface area contributed by atoms with Gasteiger partial charge in [-0.25, -0.2) is 0 Å². The van der Waals surface area contributed by atoms with Crippen molar-refractivity contribution in [1.29, 1.82) is 0 Å². The zero-order chi connectivity index (χ0) is 52.0. The van der Waals surface area contributed by atoms with E-state index in [1.807, 2.05) is 76.5 Å². The molecule has 4 amide bonds. The molecule has 2 aliphatic rings. The summed E-state index contributed by atoms with van der Waals surface area (Å²) in [5.74, 6) is 0.931. The Bertz CT molecular complexity index is 2300. The van der Waals surface area contributed by atoms with Gasteiger partial charge in [0.25, 0.3) is 0 Å². The van der Waals surface area contributed by atoms with E-state index < -0.39 is 0 Å². The zero-order valence-electron chi connectivity index (χ0n) is 43.3. The fourth-order valence-corrected chi connectivity index (χ4v) is 8.91. The number of nitrogens with zero attached hydrogens (tertiary/aromatic N) is 7. The van der Waals surface area contributed by atoms with Crippen LogP contribution in [0.5, 0.6) is 5.75 Å². The molecule has 0 saturated carbocycles. The maximum atomic E-state index is 12.7. The van der Waals surface area contributed by atoms with Crippen LogP contribution >= 0.6 is 23.2 Å². The van der Waals surface area contributed by atoms with Crippen molar-refractivity contribution >= 4 is 69.7 Å². The van der Waals surface area contributed by atoms with Crippen molar-refractivity contribution in [3.63, 3.8) is 0 Å². The van der Waals surface area contributed by atoms with E-state index in [4.69, 9.17) is 27.9 Å². The van der Waals surface area contributed by atoms with Crippen molar-refractivity contribution in [2.45, 2.75) is 72.3 Å². The number of hydrogen-bond acceptors (Lipinski definition) is 10. The lowest BCUT2D eigenvalue weighted by molar-refractivity contribution is -0.130. The number of carbonyl (C=O) groups is 5. The van der Waals surface area contributed by atoms with Gasteiger partial charge in [0.2, 0.25) is 23.6 Å². The molecule has 2 saturated heterocycles. The number of amides is 4. The molecule has 4 aromatic carbocycles. The number of halogens is 2. The highest BCUT2D eigenvalue weighted by Gasteiger charge is 2.21. The third-order valence-electron chi connectivity index (χ3n) is 12.8. The molecule has 14 nitrogen and oxygen atoms in total. The molecule has 0 aliphatic carbocycles. The average molecular weight is 1030 g/mol. The Kier molecular flexibility index (Phi) is 24.0. The van der Waals surface area contributed by atoms with Crippen molar-refractivity contribution in [1.82, 2.24) is 29.8 Å². The molecule has 0 spiro atoms. The minimum atomic E-state index is -0.0720. The van der Waals surface area contributed by atoms with E-state index in [1.54, 1.807) is 77.1 Å². The van der Waals surface area contributed by atoms with Gasteiger partial charge < -0.3 is 29.7 Å². The molecule has 4 aromatic rings. The van der Waals surface area contributed by atoms with Gasteiger partial charge >= 0.3 is 0 Å². The third kappa shape index (κ3) is 19.6. The Balaban J connectivity index is 0.000000268. The number of carbonyl (C=O) groups excluding carboxylic acids is 5. The summed E-state index contributed by atoms with van der Waals surface area (Å²) in [4.78, 5) is 75.5. The fourth-order valence-electron chi connectivity index (χ4n) is 8.66. The number of benzene rings is 4. The molecule has 0 unspecified atom stereocenters. The molecule has 0 radical (unpaired) electrons. The fraction of sp³-hybridized carbons (Fsp3) is 0.482. The zero-order valence-corrected chi connectivity index (χ0v) is 44.8. The van der Waals surface area contributed by atoms with E-state index in [-0.39, 0.29) is 35.5 Å². The van der Waals surface area contributed by atoms with E-state index in [1.165, 1.54) is 0 Å². The molecule has 72 heavy (non-hydrogen) atoms. The number of ether oxygens (including phenoxy) is 1. The van der Waals surface area contributed by atoms with Crippen LogP contribution in [0.4, 0.5) is 17.1 Å². The maximum Gasteiger partial charge on any atom is 0.236 e. The minimum Gasteiger partial charge on any atom is -0.494 e. The van der Waals surface area contributed by atoms with Crippen molar-refractivity contribution < 1.29 is 28.7 Å². The highest BCUT2D eigenvalue weighted by molar-refractivity contribution is 6.31. The van der Waals surface area contributed by atoms with Gasteiger partial charge in [0.1, 0.15) is 5.75 Å². The summed E-state index contributed by atoms with van der Waals surface area (Å²) in [6.07, 6.45) is 6.30. The summed E-state index contributed by atoms with van der Waals surface area (Å²) in [7, 11) is 3.62. The van der Waals surface area contributed by atoms with Gasteiger partial charge in [0, 0.05) is 131 Å². The third-order valence-corrected chi connectivity index (χ3v) is 13.3. The predicted molar refractivity (Wildman–Crippen MR) is 291 cm³/mol. The Morgan fingerprint density at radius 1 is 0.556 bits per heavy atom. The average Bonchev–Trinajstić information content (AvgIpc) is 3.35. The number of likely N-dealkylation sites (N-methyl/N-ethyl adjacent to an activating group) is 1. The number of rotatable bonds is 23. The highest BCUT2D eigenvalue weighted by atomic mass is 35.5. The van der Waals surface area contributed by atoms with Crippen molar-refractivity contribution in [2.24, 2.45) is 0 Å². The summed E-state index contributed by atoms with van der Waals surface area (Å²) < 4.78 is 5.91. The second-order valence-corrected chi connectivity index (χ2v) is 20.0. The standard InChI is InChI=1S/C29H39ClN4O3.C27H37ClN4O3/c1-22(2)31-28(36)21-33-19-17-32(18-20-33)15-5-4-6-16-34(23(3)35)27-13-9-25(10-14-27)29(37)24-7-11-26(30)12-8-24;1-22(33)32(24-9-7-23(28)8-10-24)25-11-13-26(14-12-25)35-20-6-4-5-15-30-16-18-31(19-17-30)21-27(34)29(2)3/h7-14,22H,4-6,15-21H2,1-3H3,(H,31,36);7-14H,4-6,15-21H2,1-3H3. The van der Waals surface area contributed by atoms with Gasteiger partial charge in [-0.15, -0.1) is 0 Å². The molecule has 16 heteroatoms. The van der Waals surface area contributed by atoms with E-state index in [0.717, 1.165) is 127 Å². The van der Waals surface area contributed by atoms with Crippen LogP contribution in [0.3, 0.4) is 0 Å². The van der Waals surface area contributed by atoms with Gasteiger partial charge in [-0.3, -0.25) is 38.7 Å². The number of hydrogen-bond donors (Lipinski definition) is 1. The van der Waals surface area contributed by atoms with E-state index in [0.29, 0.717) is 47.4 Å². The lowest BCUT2D eigenvalue weighted by Gasteiger charge is -2.34. The smallest absolute Gasteiger partial charge is 0.236 e. The summed E-state index contributed by atoms with van der Waals surface area (Å²) in [6, 6.07) is 29.1. The highest BCUT2D eigenvalue weighted by Crippen LogP contribution is 2.29. The molecule has 1 N–H and O–H groups in total. The molecule has 0 atom stereocenters. The quantitative estimate of drug-likeness (QED) is 0.0571. The molecule has 6 rings (SSSR count). The lowest BCUT2D eigenvalue weighted by Crippen LogP contribution is -2.50. The van der Waals surface area contributed by atoms with Crippen LogP contribution < -0.4 is 19.9 Å². The van der Waals surface area contributed by atoms with Gasteiger partial charge in [0.05, 0.1) is 19.7 Å².